The fourth-order valence-electron chi connectivity index (χ4n) is 1.43. The smallest absolute Gasteiger partial charge is 0.344 e. The highest BCUT2D eigenvalue weighted by molar-refractivity contribution is 6.22. The van der Waals surface area contributed by atoms with Crippen LogP contribution in [0, 0.1) is 0 Å². The summed E-state index contributed by atoms with van der Waals surface area (Å²) in [4.78, 5) is 11.2. The van der Waals surface area contributed by atoms with E-state index in [9.17, 15) is 31.1 Å². The maximum atomic E-state index is 13.2. The van der Waals surface area contributed by atoms with Crippen LogP contribution in [0.4, 0.5) is 26.3 Å². The van der Waals surface area contributed by atoms with Gasteiger partial charge in [-0.15, -0.1) is 0 Å². The molecule has 1 atom stereocenters. The van der Waals surface area contributed by atoms with E-state index in [1.807, 2.05) is 0 Å². The van der Waals surface area contributed by atoms with Gasteiger partial charge in [-0.2, -0.15) is 26.3 Å². The summed E-state index contributed by atoms with van der Waals surface area (Å²) in [6.07, 6.45) is 0. The van der Waals surface area contributed by atoms with Gasteiger partial charge in [0.05, 0.1) is 6.04 Å². The molecule has 1 unspecified atom stereocenters. The molecule has 0 saturated carbocycles. The highest BCUT2D eigenvalue weighted by Gasteiger charge is 2.74. The Morgan fingerprint density at radius 3 is 2.00 bits per heavy atom. The Labute approximate surface area is 121 Å². The van der Waals surface area contributed by atoms with Gasteiger partial charge < -0.3 is 5.32 Å². The Morgan fingerprint density at radius 2 is 1.57 bits per heavy atom. The minimum Gasteiger partial charge on any atom is -0.344 e. The SMILES string of the molecule is CC(NC(=O)C(F)(F)C(F)(F)C(F)(F)Cl)c1ccccc1. The average molecular weight is 334 g/mol. The van der Waals surface area contributed by atoms with Crippen molar-refractivity contribution < 1.29 is 31.1 Å². The van der Waals surface area contributed by atoms with Crippen molar-refractivity contribution in [2.75, 3.05) is 0 Å². The maximum absolute atomic E-state index is 13.2. The third kappa shape index (κ3) is 3.42. The Morgan fingerprint density at radius 1 is 1.10 bits per heavy atom. The van der Waals surface area contributed by atoms with Crippen LogP contribution >= 0.6 is 11.6 Å². The van der Waals surface area contributed by atoms with Gasteiger partial charge in [0.1, 0.15) is 0 Å². The van der Waals surface area contributed by atoms with Crippen molar-refractivity contribution in [3.05, 3.63) is 35.9 Å². The standard InChI is InChI=1S/C12H10ClF6NO/c1-7(8-5-3-2-4-6-8)20-9(21)10(14,15)11(16,17)12(13,18)19/h2-7H,1H3,(H,20,21). The van der Waals surface area contributed by atoms with Gasteiger partial charge >= 0.3 is 17.2 Å². The van der Waals surface area contributed by atoms with Crippen LogP contribution in [0.5, 0.6) is 0 Å². The van der Waals surface area contributed by atoms with Crippen molar-refractivity contribution in [3.8, 4) is 0 Å². The zero-order valence-corrected chi connectivity index (χ0v) is 11.3. The highest BCUT2D eigenvalue weighted by Crippen LogP contribution is 2.48. The minimum atomic E-state index is -6.03. The predicted molar refractivity (Wildman–Crippen MR) is 63.7 cm³/mol. The third-order valence-electron chi connectivity index (χ3n) is 2.68. The van der Waals surface area contributed by atoms with Gasteiger partial charge in [0.15, 0.2) is 0 Å². The van der Waals surface area contributed by atoms with E-state index in [2.05, 4.69) is 11.6 Å². The summed E-state index contributed by atoms with van der Waals surface area (Å²) in [7, 11) is 0. The van der Waals surface area contributed by atoms with Crippen LogP contribution in [0.15, 0.2) is 30.3 Å². The minimum absolute atomic E-state index is 0.336. The number of hydrogen-bond donors (Lipinski definition) is 1. The van der Waals surface area contributed by atoms with Crippen molar-refractivity contribution >= 4 is 17.5 Å². The molecule has 2 nitrogen and oxygen atoms in total. The first-order valence-electron chi connectivity index (χ1n) is 5.59. The fourth-order valence-corrected chi connectivity index (χ4v) is 1.55. The van der Waals surface area contributed by atoms with Gasteiger partial charge in [-0.05, 0) is 24.1 Å². The van der Waals surface area contributed by atoms with Crippen LogP contribution < -0.4 is 5.32 Å². The fraction of sp³-hybridized carbons (Fsp3) is 0.417. The predicted octanol–water partition coefficient (Wildman–Crippen LogP) is 3.97. The van der Waals surface area contributed by atoms with Crippen molar-refractivity contribution in [2.45, 2.75) is 30.2 Å². The molecule has 1 aromatic carbocycles. The molecular weight excluding hydrogens is 324 g/mol. The first-order valence-corrected chi connectivity index (χ1v) is 5.97. The molecule has 0 radical (unpaired) electrons. The molecule has 0 bridgehead atoms. The zero-order chi connectivity index (χ0) is 16.5. The van der Waals surface area contributed by atoms with Crippen molar-refractivity contribution in [1.82, 2.24) is 5.32 Å². The summed E-state index contributed by atoms with van der Waals surface area (Å²) in [5, 5.41) is -4.01. The number of hydrogen-bond acceptors (Lipinski definition) is 1. The Hall–Kier alpha value is -1.44. The van der Waals surface area contributed by atoms with Crippen LogP contribution in [0.25, 0.3) is 0 Å². The van der Waals surface area contributed by atoms with E-state index in [1.54, 1.807) is 11.4 Å². The molecule has 0 aliphatic rings. The topological polar surface area (TPSA) is 29.1 Å². The Balaban J connectivity index is 2.93. The molecule has 1 amide bonds. The molecule has 1 rings (SSSR count). The second kappa shape index (κ2) is 5.75. The highest BCUT2D eigenvalue weighted by atomic mass is 35.5. The molecule has 1 N–H and O–H groups in total. The van der Waals surface area contributed by atoms with Gasteiger partial charge in [-0.1, -0.05) is 30.3 Å². The monoisotopic (exact) mass is 333 g/mol. The lowest BCUT2D eigenvalue weighted by molar-refractivity contribution is -0.269. The summed E-state index contributed by atoms with van der Waals surface area (Å²) in [6, 6.07) is 6.46. The molecule has 21 heavy (non-hydrogen) atoms. The van der Waals surface area contributed by atoms with Crippen molar-refractivity contribution in [1.29, 1.82) is 0 Å². The van der Waals surface area contributed by atoms with Gasteiger partial charge in [-0.25, -0.2) is 0 Å². The van der Waals surface area contributed by atoms with Crippen molar-refractivity contribution in [2.24, 2.45) is 0 Å². The lowest BCUT2D eigenvalue weighted by Gasteiger charge is -2.29. The molecule has 118 valence electrons. The van der Waals surface area contributed by atoms with Gasteiger partial charge in [0.25, 0.3) is 5.91 Å². The van der Waals surface area contributed by atoms with Crippen LogP contribution in [-0.4, -0.2) is 23.1 Å². The van der Waals surface area contributed by atoms with Crippen LogP contribution in [-0.2, 0) is 4.79 Å². The summed E-state index contributed by atoms with van der Waals surface area (Å²) in [5.74, 6) is -14.2. The number of rotatable bonds is 5. The molecule has 9 heteroatoms. The molecule has 1 aromatic rings. The summed E-state index contributed by atoms with van der Waals surface area (Å²) in [5.41, 5.74) is 0.336. The van der Waals surface area contributed by atoms with Crippen LogP contribution in [0.2, 0.25) is 0 Å². The number of amides is 1. The molecule has 0 fully saturated rings. The number of nitrogens with one attached hydrogen (secondary N) is 1. The van der Waals surface area contributed by atoms with Gasteiger partial charge in [0, 0.05) is 0 Å². The number of benzene rings is 1. The van der Waals surface area contributed by atoms with E-state index >= 15 is 0 Å². The van der Waals surface area contributed by atoms with Gasteiger partial charge in [-0.3, -0.25) is 4.79 Å². The molecule has 0 spiro atoms. The number of carbonyl (C=O) groups excluding carboxylic acids is 1. The second-order valence-corrected chi connectivity index (χ2v) is 4.73. The largest absolute Gasteiger partial charge is 0.395 e. The Kier molecular flexibility index (Phi) is 4.82. The first kappa shape index (κ1) is 17.6. The van der Waals surface area contributed by atoms with E-state index in [-0.39, 0.29) is 0 Å². The molecule has 0 heterocycles. The van der Waals surface area contributed by atoms with E-state index in [0.29, 0.717) is 5.56 Å². The van der Waals surface area contributed by atoms with Gasteiger partial charge in [0.2, 0.25) is 0 Å². The lowest BCUT2D eigenvalue weighted by Crippen LogP contribution is -2.59. The third-order valence-corrected chi connectivity index (χ3v) is 2.92. The summed E-state index contributed by atoms with van der Waals surface area (Å²) in [6.45, 7) is 1.24. The second-order valence-electron chi connectivity index (χ2n) is 4.25. The van der Waals surface area contributed by atoms with Crippen molar-refractivity contribution in [3.63, 3.8) is 0 Å². The number of carbonyl (C=O) groups is 1. The maximum Gasteiger partial charge on any atom is 0.395 e. The molecular formula is C12H10ClF6NO. The van der Waals surface area contributed by atoms with Crippen LogP contribution in [0.1, 0.15) is 18.5 Å². The van der Waals surface area contributed by atoms with Crippen LogP contribution in [0.3, 0.4) is 0 Å². The Bertz CT molecular complexity index is 502. The van der Waals surface area contributed by atoms with E-state index in [1.165, 1.54) is 31.2 Å². The number of alkyl halides is 7. The molecule has 0 saturated heterocycles. The zero-order valence-electron chi connectivity index (χ0n) is 10.5. The quantitative estimate of drug-likeness (QED) is 0.641. The van der Waals surface area contributed by atoms with E-state index < -0.39 is 29.2 Å². The lowest BCUT2D eigenvalue weighted by atomic mass is 10.1. The number of halogens is 7. The first-order chi connectivity index (χ1) is 9.41. The summed E-state index contributed by atoms with van der Waals surface area (Å²) < 4.78 is 77.1. The molecule has 0 aromatic heterocycles. The summed E-state index contributed by atoms with van der Waals surface area (Å²) >= 11 is 3.96. The molecule has 0 aliphatic carbocycles. The molecule has 0 aliphatic heterocycles. The normalized spacial score (nSPS) is 14.7. The van der Waals surface area contributed by atoms with E-state index in [0.717, 1.165) is 0 Å². The van der Waals surface area contributed by atoms with E-state index in [4.69, 9.17) is 0 Å². The average Bonchev–Trinajstić information content (AvgIpc) is 2.38.